The monoisotopic (exact) mass is 919 g/mol. The number of nitrogens with zero attached hydrogens (tertiary/aromatic N) is 2. The Balaban J connectivity index is 1.24. The van der Waals surface area contributed by atoms with E-state index < -0.39 is 0 Å². The number of benzene rings is 7. The van der Waals surface area contributed by atoms with Gasteiger partial charge in [-0.3, -0.25) is 0 Å². The van der Waals surface area contributed by atoms with Gasteiger partial charge in [-0.25, -0.2) is 0 Å². The van der Waals surface area contributed by atoms with Gasteiger partial charge in [0, 0.05) is 38.6 Å². The zero-order valence-electron chi connectivity index (χ0n) is 43.0. The van der Waals surface area contributed by atoms with Gasteiger partial charge in [0.05, 0.1) is 10.7 Å². The van der Waals surface area contributed by atoms with E-state index in [-0.39, 0.29) is 33.8 Å². The summed E-state index contributed by atoms with van der Waals surface area (Å²) in [5.74, 6) is 0. The first-order valence-corrected chi connectivity index (χ1v) is 26.4. The summed E-state index contributed by atoms with van der Waals surface area (Å²) in [6.45, 7) is 29.2. The van der Waals surface area contributed by atoms with Crippen LogP contribution in [0.3, 0.4) is 0 Å². The summed E-state index contributed by atoms with van der Waals surface area (Å²) < 4.78 is 1.33. The van der Waals surface area contributed by atoms with E-state index in [0.717, 1.165) is 0 Å². The topological polar surface area (TPSA) is 6.48 Å². The standard InChI is InChI=1S/C65H67BN2S/c1-40-33-54-58-55(34-40)68(59-46(41-21-15-13-16-22-41)35-43(61(2,3)4)36-47(59)42-23-17-14-18-24-42)60-57(45-25-19-20-26-56(45)69-60)66(58)52-38-50-51(65(11,12)32-31-64(50,9)10)39-53(52)67(54)44-27-28-48-49(37-44)63(7,8)30-29-62(48,5)6/h13-28,33-39H,29-32H2,1-12H3. The van der Waals surface area contributed by atoms with Gasteiger partial charge in [0.2, 0.25) is 0 Å². The molecule has 2 nitrogen and oxygen atoms in total. The van der Waals surface area contributed by atoms with Crippen LogP contribution in [0.1, 0.15) is 135 Å². The highest BCUT2D eigenvalue weighted by molar-refractivity contribution is 7.26. The minimum absolute atomic E-state index is 0.0255. The average molecular weight is 919 g/mol. The second-order valence-corrected chi connectivity index (χ2v) is 25.8. The minimum atomic E-state index is -0.0752. The largest absolute Gasteiger partial charge is 0.311 e. The number of anilines is 6. The molecule has 1 aromatic heterocycles. The number of hydrogen-bond donors (Lipinski definition) is 0. The Morgan fingerprint density at radius 1 is 0.493 bits per heavy atom. The second kappa shape index (κ2) is 15.1. The summed E-state index contributed by atoms with van der Waals surface area (Å²) in [6, 6.07) is 54.6. The summed E-state index contributed by atoms with van der Waals surface area (Å²) in [5, 5.41) is 2.67. The molecule has 4 heteroatoms. The second-order valence-electron chi connectivity index (χ2n) is 24.8. The van der Waals surface area contributed by atoms with Crippen molar-refractivity contribution in [2.75, 3.05) is 9.80 Å². The molecule has 0 saturated heterocycles. The number of aryl methyl sites for hydroxylation is 1. The van der Waals surface area contributed by atoms with Gasteiger partial charge in [-0.1, -0.05) is 167 Å². The van der Waals surface area contributed by atoms with Gasteiger partial charge in [-0.05, 0) is 174 Å². The number of hydrogen-bond acceptors (Lipinski definition) is 3. The lowest BCUT2D eigenvalue weighted by Gasteiger charge is -2.48. The van der Waals surface area contributed by atoms with Crippen LogP contribution >= 0.6 is 11.3 Å². The van der Waals surface area contributed by atoms with E-state index in [9.17, 15) is 0 Å². The fourth-order valence-corrected chi connectivity index (χ4v) is 14.1. The molecule has 7 aromatic carbocycles. The first-order valence-electron chi connectivity index (χ1n) is 25.6. The third-order valence-corrected chi connectivity index (χ3v) is 18.3. The van der Waals surface area contributed by atoms with E-state index in [0.29, 0.717) is 0 Å². The van der Waals surface area contributed by atoms with Crippen molar-refractivity contribution in [1.29, 1.82) is 0 Å². The van der Waals surface area contributed by atoms with Crippen molar-refractivity contribution < 1.29 is 0 Å². The third-order valence-electron chi connectivity index (χ3n) is 17.2. The van der Waals surface area contributed by atoms with Crippen molar-refractivity contribution in [2.45, 2.75) is 136 Å². The number of fused-ring (bicyclic) bond motifs is 8. The first kappa shape index (κ1) is 44.4. The van der Waals surface area contributed by atoms with Crippen LogP contribution in [0.25, 0.3) is 32.3 Å². The minimum Gasteiger partial charge on any atom is -0.311 e. The van der Waals surface area contributed by atoms with Crippen LogP contribution < -0.4 is 26.2 Å². The summed E-state index contributed by atoms with van der Waals surface area (Å²) in [4.78, 5) is 5.44. The molecule has 4 aliphatic rings. The fourth-order valence-electron chi connectivity index (χ4n) is 12.9. The molecule has 2 aliphatic carbocycles. The Labute approximate surface area is 416 Å². The van der Waals surface area contributed by atoms with Gasteiger partial charge < -0.3 is 9.80 Å². The van der Waals surface area contributed by atoms with Gasteiger partial charge >= 0.3 is 0 Å². The van der Waals surface area contributed by atoms with Gasteiger partial charge in [0.1, 0.15) is 0 Å². The molecule has 0 saturated carbocycles. The molecule has 0 amide bonds. The molecule has 346 valence electrons. The van der Waals surface area contributed by atoms with Crippen LogP contribution in [0, 0.1) is 6.92 Å². The van der Waals surface area contributed by atoms with Gasteiger partial charge in [-0.15, -0.1) is 11.3 Å². The lowest BCUT2D eigenvalue weighted by Crippen LogP contribution is -2.61. The van der Waals surface area contributed by atoms with Crippen LogP contribution in [0.4, 0.5) is 33.4 Å². The summed E-state index contributed by atoms with van der Waals surface area (Å²) in [5.41, 5.74) is 24.4. The van der Waals surface area contributed by atoms with Crippen LogP contribution in [-0.2, 0) is 27.1 Å². The zero-order chi connectivity index (χ0) is 48.2. The predicted octanol–water partition coefficient (Wildman–Crippen LogP) is 16.6. The van der Waals surface area contributed by atoms with Crippen molar-refractivity contribution in [3.8, 4) is 22.3 Å². The molecule has 2 aliphatic heterocycles. The molecule has 3 heterocycles. The number of rotatable bonds is 4. The fraction of sp³-hybridized carbons (Fsp3) is 0.323. The summed E-state index contributed by atoms with van der Waals surface area (Å²) in [6.07, 6.45) is 4.72. The molecular weight excluding hydrogens is 852 g/mol. The van der Waals surface area contributed by atoms with Crippen LogP contribution in [-0.4, -0.2) is 6.71 Å². The van der Waals surface area contributed by atoms with Crippen molar-refractivity contribution in [2.24, 2.45) is 0 Å². The molecule has 0 radical (unpaired) electrons. The summed E-state index contributed by atoms with van der Waals surface area (Å²) >= 11 is 1.97. The Bertz CT molecular complexity index is 3340. The Morgan fingerprint density at radius 2 is 1.00 bits per heavy atom. The molecule has 0 spiro atoms. The van der Waals surface area contributed by atoms with E-state index in [4.69, 9.17) is 0 Å². The number of thiophene rings is 1. The van der Waals surface area contributed by atoms with Crippen LogP contribution in [0.15, 0.2) is 140 Å². The highest BCUT2D eigenvalue weighted by Crippen LogP contribution is 2.56. The predicted molar refractivity (Wildman–Crippen MR) is 301 cm³/mol. The van der Waals surface area contributed by atoms with Crippen molar-refractivity contribution >= 4 is 78.0 Å². The molecule has 12 rings (SSSR count). The maximum atomic E-state index is 2.73. The molecule has 0 N–H and O–H groups in total. The van der Waals surface area contributed by atoms with E-state index in [1.165, 1.54) is 141 Å². The Hall–Kier alpha value is -5.84. The Morgan fingerprint density at radius 3 is 1.58 bits per heavy atom. The lowest BCUT2D eigenvalue weighted by atomic mass is 9.33. The average Bonchev–Trinajstić information content (AvgIpc) is 3.70. The molecular formula is C65H67BN2S. The van der Waals surface area contributed by atoms with E-state index >= 15 is 0 Å². The quantitative estimate of drug-likeness (QED) is 0.162. The van der Waals surface area contributed by atoms with Gasteiger partial charge in [-0.2, -0.15) is 0 Å². The molecule has 0 bridgehead atoms. The van der Waals surface area contributed by atoms with Gasteiger partial charge in [0.15, 0.2) is 0 Å². The Kier molecular flexibility index (Phi) is 9.70. The van der Waals surface area contributed by atoms with E-state index in [1.54, 1.807) is 0 Å². The van der Waals surface area contributed by atoms with Crippen molar-refractivity contribution in [1.82, 2.24) is 0 Å². The molecule has 0 fully saturated rings. The lowest BCUT2D eigenvalue weighted by molar-refractivity contribution is 0.332. The smallest absolute Gasteiger partial charge is 0.254 e. The van der Waals surface area contributed by atoms with Crippen molar-refractivity contribution in [3.05, 3.63) is 173 Å². The molecule has 0 atom stereocenters. The van der Waals surface area contributed by atoms with Gasteiger partial charge in [0.25, 0.3) is 6.71 Å². The SMILES string of the molecule is Cc1cc2c3c(c1)N(c1c(-c4ccccc4)cc(C(C)(C)C)cc1-c1ccccc1)c1sc4ccccc4c1B3c1cc3c(cc1N2c1ccc2c(c1)C(C)(C)CCC2(C)C)C(C)(C)CCC3(C)C. The van der Waals surface area contributed by atoms with Crippen LogP contribution in [0.2, 0.25) is 0 Å². The zero-order valence-corrected chi connectivity index (χ0v) is 43.8. The highest BCUT2D eigenvalue weighted by Gasteiger charge is 2.49. The molecule has 0 unspecified atom stereocenters. The van der Waals surface area contributed by atoms with Crippen LogP contribution in [0.5, 0.6) is 0 Å². The maximum absolute atomic E-state index is 2.73. The third kappa shape index (κ3) is 6.78. The highest BCUT2D eigenvalue weighted by atomic mass is 32.1. The summed E-state index contributed by atoms with van der Waals surface area (Å²) in [7, 11) is 0. The molecule has 8 aromatic rings. The normalized spacial score (nSPS) is 18.0. The molecule has 69 heavy (non-hydrogen) atoms. The maximum Gasteiger partial charge on any atom is 0.254 e. The van der Waals surface area contributed by atoms with Crippen molar-refractivity contribution in [3.63, 3.8) is 0 Å². The van der Waals surface area contributed by atoms with E-state index in [1.807, 2.05) is 11.3 Å². The van der Waals surface area contributed by atoms with E-state index in [2.05, 4.69) is 232 Å². The first-order chi connectivity index (χ1) is 32.7.